The molecular formula is C25H24N4O3S. The van der Waals surface area contributed by atoms with Gasteiger partial charge in [-0.1, -0.05) is 18.2 Å². The van der Waals surface area contributed by atoms with Gasteiger partial charge in [-0.05, 0) is 80.4 Å². The SMILES string of the molecule is Cc1cccc(C)c1NC(=O)CN1C(=O)S/C(=C/c2cc(C)n(-c3cccnc3)c2C)C1=O. The fraction of sp³-hybridized carbons (Fsp3) is 0.200. The van der Waals surface area contributed by atoms with Gasteiger partial charge in [-0.2, -0.15) is 0 Å². The molecule has 3 heterocycles. The van der Waals surface area contributed by atoms with Gasteiger partial charge in [0, 0.05) is 23.3 Å². The lowest BCUT2D eigenvalue weighted by Crippen LogP contribution is -2.36. The number of anilines is 1. The van der Waals surface area contributed by atoms with Gasteiger partial charge in [0.15, 0.2) is 0 Å². The van der Waals surface area contributed by atoms with Gasteiger partial charge < -0.3 is 9.88 Å². The number of carbonyl (C=O) groups excluding carboxylic acids is 3. The van der Waals surface area contributed by atoms with E-state index >= 15 is 0 Å². The Bertz CT molecular complexity index is 1270. The molecule has 0 unspecified atom stereocenters. The van der Waals surface area contributed by atoms with Crippen LogP contribution in [0.3, 0.4) is 0 Å². The summed E-state index contributed by atoms with van der Waals surface area (Å²) in [5, 5.41) is 2.37. The van der Waals surface area contributed by atoms with Gasteiger partial charge in [0.05, 0.1) is 16.8 Å². The summed E-state index contributed by atoms with van der Waals surface area (Å²) in [7, 11) is 0. The summed E-state index contributed by atoms with van der Waals surface area (Å²) in [5.74, 6) is -0.876. The molecule has 2 aromatic heterocycles. The first-order chi connectivity index (χ1) is 15.8. The highest BCUT2D eigenvalue weighted by molar-refractivity contribution is 8.18. The second kappa shape index (κ2) is 9.07. The first-order valence-corrected chi connectivity index (χ1v) is 11.3. The first-order valence-electron chi connectivity index (χ1n) is 10.5. The van der Waals surface area contributed by atoms with Crippen LogP contribution in [0.25, 0.3) is 11.8 Å². The number of hydrogen-bond acceptors (Lipinski definition) is 5. The fourth-order valence-electron chi connectivity index (χ4n) is 3.93. The molecule has 0 saturated carbocycles. The number of thioether (sulfide) groups is 1. The molecule has 1 N–H and O–H groups in total. The van der Waals surface area contributed by atoms with Crippen molar-refractivity contribution in [1.29, 1.82) is 0 Å². The van der Waals surface area contributed by atoms with Crippen molar-refractivity contribution in [1.82, 2.24) is 14.5 Å². The van der Waals surface area contributed by atoms with E-state index in [0.29, 0.717) is 10.6 Å². The topological polar surface area (TPSA) is 84.3 Å². The number of rotatable bonds is 5. The molecule has 33 heavy (non-hydrogen) atoms. The number of benzene rings is 1. The average molecular weight is 461 g/mol. The van der Waals surface area contributed by atoms with Gasteiger partial charge in [-0.3, -0.25) is 24.3 Å². The molecule has 1 aromatic carbocycles. The van der Waals surface area contributed by atoms with Crippen LogP contribution in [0.4, 0.5) is 10.5 Å². The van der Waals surface area contributed by atoms with E-state index in [9.17, 15) is 14.4 Å². The van der Waals surface area contributed by atoms with E-state index in [0.717, 1.165) is 50.4 Å². The molecule has 7 nitrogen and oxygen atoms in total. The molecule has 0 atom stereocenters. The van der Waals surface area contributed by atoms with Crippen LogP contribution in [0, 0.1) is 27.7 Å². The number of aromatic nitrogens is 2. The van der Waals surface area contributed by atoms with Crippen molar-refractivity contribution < 1.29 is 14.4 Å². The Balaban J connectivity index is 1.54. The summed E-state index contributed by atoms with van der Waals surface area (Å²) < 4.78 is 2.04. The maximum Gasteiger partial charge on any atom is 0.294 e. The average Bonchev–Trinajstić information content (AvgIpc) is 3.20. The lowest BCUT2D eigenvalue weighted by atomic mass is 10.1. The molecule has 1 saturated heterocycles. The molecule has 1 aliphatic heterocycles. The number of carbonyl (C=O) groups is 3. The van der Waals surface area contributed by atoms with Crippen LogP contribution in [0.5, 0.6) is 0 Å². The minimum Gasteiger partial charge on any atom is -0.324 e. The van der Waals surface area contributed by atoms with Gasteiger partial charge in [0.25, 0.3) is 11.1 Å². The minimum atomic E-state index is -0.465. The van der Waals surface area contributed by atoms with Crippen molar-refractivity contribution >= 4 is 40.6 Å². The van der Waals surface area contributed by atoms with Crippen LogP contribution in [0.1, 0.15) is 28.1 Å². The van der Waals surface area contributed by atoms with Crippen LogP contribution in [-0.2, 0) is 9.59 Å². The van der Waals surface area contributed by atoms with Gasteiger partial charge in [-0.15, -0.1) is 0 Å². The van der Waals surface area contributed by atoms with Crippen molar-refractivity contribution in [2.45, 2.75) is 27.7 Å². The Morgan fingerprint density at radius 3 is 2.48 bits per heavy atom. The minimum absolute atomic E-state index is 0.298. The Kier molecular flexibility index (Phi) is 6.20. The highest BCUT2D eigenvalue weighted by Crippen LogP contribution is 2.33. The normalized spacial score (nSPS) is 14.9. The number of nitrogens with zero attached hydrogens (tertiary/aromatic N) is 3. The van der Waals surface area contributed by atoms with E-state index in [1.54, 1.807) is 18.5 Å². The second-order valence-electron chi connectivity index (χ2n) is 7.96. The largest absolute Gasteiger partial charge is 0.324 e. The lowest BCUT2D eigenvalue weighted by molar-refractivity contribution is -0.127. The molecule has 3 amide bonds. The second-order valence-corrected chi connectivity index (χ2v) is 8.95. The first kappa shape index (κ1) is 22.5. The number of amides is 3. The fourth-order valence-corrected chi connectivity index (χ4v) is 4.76. The van der Waals surface area contributed by atoms with Gasteiger partial charge in [0.1, 0.15) is 6.54 Å². The van der Waals surface area contributed by atoms with Crippen LogP contribution in [0.2, 0.25) is 0 Å². The summed E-state index contributed by atoms with van der Waals surface area (Å²) in [6.45, 7) is 7.39. The maximum absolute atomic E-state index is 12.9. The Hall–Kier alpha value is -3.65. The smallest absolute Gasteiger partial charge is 0.294 e. The predicted octanol–water partition coefficient (Wildman–Crippen LogP) is 4.78. The van der Waals surface area contributed by atoms with Crippen molar-refractivity contribution in [3.8, 4) is 5.69 Å². The van der Waals surface area contributed by atoms with Gasteiger partial charge in [0.2, 0.25) is 5.91 Å². The Morgan fingerprint density at radius 1 is 1.09 bits per heavy atom. The van der Waals surface area contributed by atoms with Crippen molar-refractivity contribution in [2.75, 3.05) is 11.9 Å². The zero-order chi connectivity index (χ0) is 23.7. The van der Waals surface area contributed by atoms with Crippen LogP contribution in [0.15, 0.2) is 53.7 Å². The van der Waals surface area contributed by atoms with E-state index in [2.05, 4.69) is 10.3 Å². The number of para-hydroxylation sites is 1. The number of hydrogen-bond donors (Lipinski definition) is 1. The third kappa shape index (κ3) is 4.47. The lowest BCUT2D eigenvalue weighted by Gasteiger charge is -2.15. The van der Waals surface area contributed by atoms with E-state index < -0.39 is 17.1 Å². The number of imide groups is 1. The molecule has 1 fully saturated rings. The third-order valence-corrected chi connectivity index (χ3v) is 6.49. The highest BCUT2D eigenvalue weighted by Gasteiger charge is 2.36. The predicted molar refractivity (Wildman–Crippen MR) is 130 cm³/mol. The van der Waals surface area contributed by atoms with Crippen LogP contribution >= 0.6 is 11.8 Å². The van der Waals surface area contributed by atoms with E-state index in [-0.39, 0.29) is 6.54 Å². The van der Waals surface area contributed by atoms with Crippen molar-refractivity contribution in [3.05, 3.63) is 81.8 Å². The molecule has 0 aliphatic carbocycles. The molecular weight excluding hydrogens is 436 g/mol. The number of pyridine rings is 1. The van der Waals surface area contributed by atoms with Crippen molar-refractivity contribution in [3.63, 3.8) is 0 Å². The van der Waals surface area contributed by atoms with E-state index in [4.69, 9.17) is 0 Å². The molecule has 0 spiro atoms. The van der Waals surface area contributed by atoms with Gasteiger partial charge >= 0.3 is 0 Å². The van der Waals surface area contributed by atoms with Crippen LogP contribution in [-0.4, -0.2) is 38.0 Å². The van der Waals surface area contributed by atoms with Crippen molar-refractivity contribution in [2.24, 2.45) is 0 Å². The summed E-state index contributed by atoms with van der Waals surface area (Å²) in [4.78, 5) is 43.5. The molecule has 8 heteroatoms. The Morgan fingerprint density at radius 2 is 1.82 bits per heavy atom. The molecule has 1 aliphatic rings. The standard InChI is InChI=1S/C25H24N4O3S/c1-15-7-5-8-16(2)23(15)27-22(30)14-28-24(31)21(33-25(28)32)12-19-11-17(3)29(18(19)4)20-9-6-10-26-13-20/h5-13H,14H2,1-4H3,(H,27,30)/b21-12+. The molecule has 0 bridgehead atoms. The van der Waals surface area contributed by atoms with Crippen LogP contribution < -0.4 is 5.32 Å². The number of nitrogens with one attached hydrogen (secondary N) is 1. The summed E-state index contributed by atoms with van der Waals surface area (Å²) in [5.41, 5.74) is 6.21. The zero-order valence-electron chi connectivity index (χ0n) is 18.9. The highest BCUT2D eigenvalue weighted by atomic mass is 32.2. The number of aryl methyl sites for hydroxylation is 3. The molecule has 3 aromatic rings. The Labute approximate surface area is 196 Å². The summed E-state index contributed by atoms with van der Waals surface area (Å²) in [6.07, 6.45) is 5.20. The summed E-state index contributed by atoms with van der Waals surface area (Å²) >= 11 is 0.848. The van der Waals surface area contributed by atoms with Gasteiger partial charge in [-0.25, -0.2) is 0 Å². The van der Waals surface area contributed by atoms with E-state index in [1.807, 2.05) is 68.7 Å². The molecule has 0 radical (unpaired) electrons. The quantitative estimate of drug-likeness (QED) is 0.554. The monoisotopic (exact) mass is 460 g/mol. The summed E-state index contributed by atoms with van der Waals surface area (Å²) in [6, 6.07) is 11.5. The zero-order valence-corrected chi connectivity index (χ0v) is 19.7. The third-order valence-electron chi connectivity index (χ3n) is 5.58. The van der Waals surface area contributed by atoms with E-state index in [1.165, 1.54) is 0 Å². The molecule has 168 valence electrons. The molecule has 4 rings (SSSR count). The maximum atomic E-state index is 12.9.